The highest BCUT2D eigenvalue weighted by molar-refractivity contribution is 4.92. The van der Waals surface area contributed by atoms with Gasteiger partial charge in [-0.05, 0) is 38.5 Å². The lowest BCUT2D eigenvalue weighted by molar-refractivity contribution is 0.114. The van der Waals surface area contributed by atoms with Gasteiger partial charge in [0.25, 0.3) is 0 Å². The maximum Gasteiger partial charge on any atom is 0.0195 e. The van der Waals surface area contributed by atoms with Crippen molar-refractivity contribution in [2.45, 2.75) is 58.0 Å². The van der Waals surface area contributed by atoms with Gasteiger partial charge >= 0.3 is 0 Å². The van der Waals surface area contributed by atoms with E-state index in [-0.39, 0.29) is 0 Å². The summed E-state index contributed by atoms with van der Waals surface area (Å²) in [5, 5.41) is 3.68. The number of allylic oxidation sites excluding steroid dienone is 2. The molecular formula is C15H28N2. The van der Waals surface area contributed by atoms with Gasteiger partial charge in [0, 0.05) is 31.7 Å². The van der Waals surface area contributed by atoms with Gasteiger partial charge in [-0.3, -0.25) is 4.90 Å². The summed E-state index contributed by atoms with van der Waals surface area (Å²) in [5.74, 6) is 0.905. The fourth-order valence-corrected chi connectivity index (χ4v) is 3.14. The average Bonchev–Trinajstić information content (AvgIpc) is 2.35. The van der Waals surface area contributed by atoms with Crippen LogP contribution in [0.4, 0.5) is 0 Å². The molecule has 3 unspecified atom stereocenters. The molecular weight excluding hydrogens is 208 g/mol. The number of hydrogen-bond donors (Lipinski definition) is 1. The van der Waals surface area contributed by atoms with Crippen LogP contribution < -0.4 is 5.32 Å². The zero-order chi connectivity index (χ0) is 12.1. The molecule has 2 heteroatoms. The summed E-state index contributed by atoms with van der Waals surface area (Å²) in [6.07, 6.45) is 11.3. The molecule has 0 aromatic carbocycles. The molecule has 0 bridgehead atoms. The Kier molecular flexibility index (Phi) is 5.05. The van der Waals surface area contributed by atoms with Crippen LogP contribution in [0.15, 0.2) is 12.2 Å². The van der Waals surface area contributed by atoms with Crippen LogP contribution in [0.2, 0.25) is 0 Å². The molecule has 0 spiro atoms. The maximum atomic E-state index is 3.68. The molecule has 1 N–H and O–H groups in total. The van der Waals surface area contributed by atoms with Gasteiger partial charge in [0.2, 0.25) is 0 Å². The highest BCUT2D eigenvalue weighted by Gasteiger charge is 2.26. The molecule has 1 fully saturated rings. The van der Waals surface area contributed by atoms with Gasteiger partial charge in [0.15, 0.2) is 0 Å². The summed E-state index contributed by atoms with van der Waals surface area (Å²) in [6, 6.07) is 1.45. The maximum absolute atomic E-state index is 3.68. The number of rotatable bonds is 4. The van der Waals surface area contributed by atoms with Crippen molar-refractivity contribution >= 4 is 0 Å². The minimum Gasteiger partial charge on any atom is -0.311 e. The Hall–Kier alpha value is -0.340. The Balaban J connectivity index is 1.82. The van der Waals surface area contributed by atoms with Crippen LogP contribution in [-0.4, -0.2) is 36.6 Å². The largest absolute Gasteiger partial charge is 0.311 e. The molecule has 2 aliphatic rings. The first kappa shape index (κ1) is 13.1. The van der Waals surface area contributed by atoms with Crippen LogP contribution in [0.25, 0.3) is 0 Å². The molecule has 2 nitrogen and oxygen atoms in total. The Bertz CT molecular complexity index is 249. The molecule has 2 rings (SSSR count). The summed E-state index contributed by atoms with van der Waals surface area (Å²) >= 11 is 0. The van der Waals surface area contributed by atoms with E-state index in [1.54, 1.807) is 0 Å². The topological polar surface area (TPSA) is 15.3 Å². The van der Waals surface area contributed by atoms with Crippen molar-refractivity contribution in [2.75, 3.05) is 19.6 Å². The fraction of sp³-hybridized carbons (Fsp3) is 0.867. The lowest BCUT2D eigenvalue weighted by atomic mass is 9.92. The number of hydrogen-bond acceptors (Lipinski definition) is 2. The van der Waals surface area contributed by atoms with Crippen LogP contribution in [0.5, 0.6) is 0 Å². The molecule has 1 saturated heterocycles. The second-order valence-electron chi connectivity index (χ2n) is 5.85. The van der Waals surface area contributed by atoms with Gasteiger partial charge in [0.05, 0.1) is 0 Å². The summed E-state index contributed by atoms with van der Waals surface area (Å²) < 4.78 is 0. The summed E-state index contributed by atoms with van der Waals surface area (Å²) in [7, 11) is 0. The molecule has 0 radical (unpaired) electrons. The molecule has 0 aromatic rings. The average molecular weight is 236 g/mol. The van der Waals surface area contributed by atoms with E-state index in [1.807, 2.05) is 0 Å². The summed E-state index contributed by atoms with van der Waals surface area (Å²) in [6.45, 7) is 8.40. The molecule has 0 saturated carbocycles. The lowest BCUT2D eigenvalue weighted by Crippen LogP contribution is -2.56. The van der Waals surface area contributed by atoms with E-state index in [2.05, 4.69) is 36.2 Å². The molecule has 1 heterocycles. The normalized spacial score (nSPS) is 35.1. The van der Waals surface area contributed by atoms with Crippen molar-refractivity contribution in [3.8, 4) is 0 Å². The SMILES string of the molecule is CCCC1CN(CC2CC=CCC2)C(C)CN1. The fourth-order valence-electron chi connectivity index (χ4n) is 3.14. The van der Waals surface area contributed by atoms with Crippen molar-refractivity contribution in [1.82, 2.24) is 10.2 Å². The Morgan fingerprint density at radius 2 is 2.24 bits per heavy atom. The predicted octanol–water partition coefficient (Wildman–Crippen LogP) is 2.81. The van der Waals surface area contributed by atoms with Crippen molar-refractivity contribution in [2.24, 2.45) is 5.92 Å². The first-order valence-corrected chi connectivity index (χ1v) is 7.42. The molecule has 0 amide bonds. The highest BCUT2D eigenvalue weighted by Crippen LogP contribution is 2.21. The zero-order valence-electron chi connectivity index (χ0n) is 11.5. The third kappa shape index (κ3) is 3.82. The third-order valence-electron chi connectivity index (χ3n) is 4.29. The quantitative estimate of drug-likeness (QED) is 0.755. The monoisotopic (exact) mass is 236 g/mol. The Morgan fingerprint density at radius 3 is 2.94 bits per heavy atom. The van der Waals surface area contributed by atoms with Crippen LogP contribution in [-0.2, 0) is 0 Å². The van der Waals surface area contributed by atoms with Gasteiger partial charge in [-0.25, -0.2) is 0 Å². The lowest BCUT2D eigenvalue weighted by Gasteiger charge is -2.40. The van der Waals surface area contributed by atoms with Crippen molar-refractivity contribution < 1.29 is 0 Å². The van der Waals surface area contributed by atoms with Crippen LogP contribution in [0, 0.1) is 5.92 Å². The van der Waals surface area contributed by atoms with Crippen LogP contribution in [0.1, 0.15) is 46.0 Å². The smallest absolute Gasteiger partial charge is 0.0195 e. The van der Waals surface area contributed by atoms with Gasteiger partial charge in [-0.2, -0.15) is 0 Å². The van der Waals surface area contributed by atoms with Crippen LogP contribution >= 0.6 is 0 Å². The van der Waals surface area contributed by atoms with Gasteiger partial charge in [-0.15, -0.1) is 0 Å². The van der Waals surface area contributed by atoms with E-state index in [0.29, 0.717) is 6.04 Å². The zero-order valence-corrected chi connectivity index (χ0v) is 11.5. The summed E-state index contributed by atoms with van der Waals surface area (Å²) in [4.78, 5) is 2.72. The predicted molar refractivity (Wildman–Crippen MR) is 74.2 cm³/mol. The molecule has 98 valence electrons. The molecule has 1 aliphatic carbocycles. The molecule has 0 aromatic heterocycles. The summed E-state index contributed by atoms with van der Waals surface area (Å²) in [5.41, 5.74) is 0. The number of nitrogens with one attached hydrogen (secondary N) is 1. The second-order valence-corrected chi connectivity index (χ2v) is 5.85. The van der Waals surface area contributed by atoms with E-state index in [0.717, 1.165) is 12.0 Å². The first-order chi connectivity index (χ1) is 8.29. The van der Waals surface area contributed by atoms with E-state index in [4.69, 9.17) is 0 Å². The van der Waals surface area contributed by atoms with Crippen molar-refractivity contribution in [1.29, 1.82) is 0 Å². The van der Waals surface area contributed by atoms with E-state index in [9.17, 15) is 0 Å². The molecule has 1 aliphatic heterocycles. The molecule has 3 atom stereocenters. The Morgan fingerprint density at radius 1 is 1.35 bits per heavy atom. The third-order valence-corrected chi connectivity index (χ3v) is 4.29. The minimum atomic E-state index is 0.717. The van der Waals surface area contributed by atoms with E-state index >= 15 is 0 Å². The minimum absolute atomic E-state index is 0.717. The van der Waals surface area contributed by atoms with E-state index in [1.165, 1.54) is 51.7 Å². The second kappa shape index (κ2) is 6.55. The Labute approximate surface area is 106 Å². The van der Waals surface area contributed by atoms with Gasteiger partial charge < -0.3 is 5.32 Å². The number of piperazine rings is 1. The van der Waals surface area contributed by atoms with Gasteiger partial charge in [-0.1, -0.05) is 25.5 Å². The van der Waals surface area contributed by atoms with Crippen molar-refractivity contribution in [3.05, 3.63) is 12.2 Å². The van der Waals surface area contributed by atoms with E-state index < -0.39 is 0 Å². The van der Waals surface area contributed by atoms with Crippen LogP contribution in [0.3, 0.4) is 0 Å². The first-order valence-electron chi connectivity index (χ1n) is 7.42. The van der Waals surface area contributed by atoms with Crippen molar-refractivity contribution in [3.63, 3.8) is 0 Å². The molecule has 17 heavy (non-hydrogen) atoms. The van der Waals surface area contributed by atoms with Gasteiger partial charge in [0.1, 0.15) is 0 Å². The number of nitrogens with zero attached hydrogens (tertiary/aromatic N) is 1. The standard InChI is InChI=1S/C15H28N2/c1-3-7-15-12-17(13(2)10-16-15)11-14-8-5-4-6-9-14/h4-5,13-16H,3,6-12H2,1-2H3. The highest BCUT2D eigenvalue weighted by atomic mass is 15.2.